The van der Waals surface area contributed by atoms with Crippen molar-refractivity contribution in [1.82, 2.24) is 9.66 Å². The van der Waals surface area contributed by atoms with Gasteiger partial charge in [0.2, 0.25) is 0 Å². The summed E-state index contributed by atoms with van der Waals surface area (Å²) in [6.45, 7) is 2.52. The van der Waals surface area contributed by atoms with Crippen LogP contribution in [0.3, 0.4) is 0 Å². The van der Waals surface area contributed by atoms with E-state index in [9.17, 15) is 4.79 Å². The van der Waals surface area contributed by atoms with E-state index in [0.29, 0.717) is 17.5 Å². The second-order valence-corrected chi connectivity index (χ2v) is 10.2. The van der Waals surface area contributed by atoms with Gasteiger partial charge in [0, 0.05) is 10.4 Å². The lowest BCUT2D eigenvalue weighted by atomic mass is 9.88. The van der Waals surface area contributed by atoms with Gasteiger partial charge >= 0.3 is 0 Å². The summed E-state index contributed by atoms with van der Waals surface area (Å²) in [6.07, 6.45) is 7.31. The summed E-state index contributed by atoms with van der Waals surface area (Å²) >= 11 is 10.6. The highest BCUT2D eigenvalue weighted by Gasteiger charge is 2.22. The van der Waals surface area contributed by atoms with Crippen LogP contribution >= 0.6 is 47.8 Å². The molecule has 1 fully saturated rings. The summed E-state index contributed by atoms with van der Waals surface area (Å²) in [5.74, 6) is 1.74. The summed E-state index contributed by atoms with van der Waals surface area (Å²) in [5.41, 5.74) is 1.41. The van der Waals surface area contributed by atoms with Gasteiger partial charge in [0.25, 0.3) is 5.56 Å². The van der Waals surface area contributed by atoms with Crippen molar-refractivity contribution in [3.63, 3.8) is 0 Å². The Morgan fingerprint density at radius 1 is 1.13 bits per heavy atom. The first-order valence-electron chi connectivity index (χ1n) is 10.4. The highest BCUT2D eigenvalue weighted by Crippen LogP contribution is 2.35. The van der Waals surface area contributed by atoms with Gasteiger partial charge in [0.15, 0.2) is 0 Å². The first-order valence-corrected chi connectivity index (χ1v) is 12.7. The topological polar surface area (TPSA) is 56.5 Å². The molecule has 1 aliphatic rings. The fourth-order valence-electron chi connectivity index (χ4n) is 3.96. The first kappa shape index (κ1) is 22.7. The molecule has 1 aliphatic carbocycles. The molecule has 0 amide bonds. The van der Waals surface area contributed by atoms with Crippen molar-refractivity contribution in [1.29, 1.82) is 0 Å². The molecule has 1 heterocycles. The minimum Gasteiger partial charge on any atom is -0.492 e. The van der Waals surface area contributed by atoms with Gasteiger partial charge < -0.3 is 4.74 Å². The standard InChI is InChI=1S/C23H22Br3N3O2/c1-2-31-21-18(25)10-14(11-19(21)26)13-27-29-22(15-6-4-3-5-7-15)28-20-9-8-16(24)12-17(20)23(29)30/h8-13,15H,2-7H2,1H3. The normalized spacial score (nSPS) is 15.1. The largest absolute Gasteiger partial charge is 0.492 e. The molecule has 0 aliphatic heterocycles. The third-order valence-corrected chi connectivity index (χ3v) is 7.11. The summed E-state index contributed by atoms with van der Waals surface area (Å²) in [4.78, 5) is 18.3. The molecule has 162 valence electrons. The van der Waals surface area contributed by atoms with E-state index in [-0.39, 0.29) is 11.5 Å². The van der Waals surface area contributed by atoms with Crippen molar-refractivity contribution in [2.45, 2.75) is 44.9 Å². The summed E-state index contributed by atoms with van der Waals surface area (Å²) in [6, 6.07) is 9.47. The van der Waals surface area contributed by atoms with E-state index in [1.807, 2.05) is 37.3 Å². The zero-order chi connectivity index (χ0) is 22.0. The van der Waals surface area contributed by atoms with Crippen LogP contribution in [0.2, 0.25) is 0 Å². The van der Waals surface area contributed by atoms with E-state index < -0.39 is 0 Å². The Hall–Kier alpha value is -1.51. The molecule has 3 aromatic rings. The van der Waals surface area contributed by atoms with Crippen molar-refractivity contribution < 1.29 is 4.74 Å². The molecule has 0 saturated heterocycles. The highest BCUT2D eigenvalue weighted by molar-refractivity contribution is 9.11. The van der Waals surface area contributed by atoms with Gasteiger partial charge in [-0.05, 0) is 87.5 Å². The number of hydrogen-bond donors (Lipinski definition) is 0. The molecule has 1 aromatic heterocycles. The van der Waals surface area contributed by atoms with Crippen molar-refractivity contribution >= 4 is 64.9 Å². The maximum atomic E-state index is 13.4. The zero-order valence-corrected chi connectivity index (χ0v) is 21.8. The van der Waals surface area contributed by atoms with E-state index in [4.69, 9.17) is 9.72 Å². The predicted molar refractivity (Wildman–Crippen MR) is 136 cm³/mol. The maximum Gasteiger partial charge on any atom is 0.282 e. The van der Waals surface area contributed by atoms with Gasteiger partial charge in [-0.15, -0.1) is 0 Å². The van der Waals surface area contributed by atoms with Gasteiger partial charge in [0.1, 0.15) is 11.6 Å². The lowest BCUT2D eigenvalue weighted by Crippen LogP contribution is -2.25. The van der Waals surface area contributed by atoms with Crippen LogP contribution in [-0.2, 0) is 0 Å². The zero-order valence-electron chi connectivity index (χ0n) is 17.1. The molecule has 0 atom stereocenters. The lowest BCUT2D eigenvalue weighted by molar-refractivity contribution is 0.336. The Labute approximate surface area is 206 Å². The number of aromatic nitrogens is 2. The minimum atomic E-state index is -0.146. The van der Waals surface area contributed by atoms with Gasteiger partial charge in [-0.25, -0.2) is 4.98 Å². The maximum absolute atomic E-state index is 13.4. The number of rotatable bonds is 5. The molecule has 2 aromatic carbocycles. The Balaban J connectivity index is 1.82. The van der Waals surface area contributed by atoms with E-state index in [1.165, 1.54) is 11.1 Å². The molecule has 4 rings (SSSR count). The van der Waals surface area contributed by atoms with Gasteiger partial charge in [0.05, 0.1) is 32.7 Å². The van der Waals surface area contributed by atoms with Crippen LogP contribution < -0.4 is 10.3 Å². The quantitative estimate of drug-likeness (QED) is 0.292. The number of fused-ring (bicyclic) bond motifs is 1. The smallest absolute Gasteiger partial charge is 0.282 e. The monoisotopic (exact) mass is 609 g/mol. The molecular weight excluding hydrogens is 590 g/mol. The van der Waals surface area contributed by atoms with Crippen LogP contribution in [0.4, 0.5) is 0 Å². The van der Waals surface area contributed by atoms with Crippen LogP contribution in [0, 0.1) is 0 Å². The van der Waals surface area contributed by atoms with E-state index in [2.05, 4.69) is 52.9 Å². The summed E-state index contributed by atoms with van der Waals surface area (Å²) < 4.78 is 9.64. The lowest BCUT2D eigenvalue weighted by Gasteiger charge is -2.22. The average Bonchev–Trinajstić information content (AvgIpc) is 2.76. The fraction of sp³-hybridized carbons (Fsp3) is 0.348. The van der Waals surface area contributed by atoms with Crippen molar-refractivity contribution in [3.05, 3.63) is 65.5 Å². The number of benzene rings is 2. The molecule has 0 N–H and O–H groups in total. The average molecular weight is 612 g/mol. The Morgan fingerprint density at radius 2 is 1.84 bits per heavy atom. The van der Waals surface area contributed by atoms with E-state index in [1.54, 1.807) is 6.21 Å². The highest BCUT2D eigenvalue weighted by atomic mass is 79.9. The van der Waals surface area contributed by atoms with Gasteiger partial charge in [-0.3, -0.25) is 4.79 Å². The molecule has 8 heteroatoms. The second kappa shape index (κ2) is 9.96. The third kappa shape index (κ3) is 4.96. The molecule has 31 heavy (non-hydrogen) atoms. The SMILES string of the molecule is CCOc1c(Br)cc(C=Nn2c(C3CCCCC3)nc3ccc(Br)cc3c2=O)cc1Br. The first-order chi connectivity index (χ1) is 15.0. The van der Waals surface area contributed by atoms with Crippen LogP contribution in [0.25, 0.3) is 10.9 Å². The molecule has 0 unspecified atom stereocenters. The summed E-state index contributed by atoms with van der Waals surface area (Å²) in [5, 5.41) is 5.16. The predicted octanol–water partition coefficient (Wildman–Crippen LogP) is 7.01. The van der Waals surface area contributed by atoms with Crippen molar-refractivity contribution in [2.24, 2.45) is 5.10 Å². The number of hydrogen-bond acceptors (Lipinski definition) is 4. The Morgan fingerprint density at radius 3 is 2.52 bits per heavy atom. The number of halogens is 3. The second-order valence-electron chi connectivity index (χ2n) is 7.57. The van der Waals surface area contributed by atoms with E-state index >= 15 is 0 Å². The molecule has 1 saturated carbocycles. The molecule has 0 bridgehead atoms. The van der Waals surface area contributed by atoms with Crippen LogP contribution in [0.15, 0.2) is 53.6 Å². The van der Waals surface area contributed by atoms with Crippen LogP contribution in [0.1, 0.15) is 56.3 Å². The molecular formula is C23H22Br3N3O2. The molecule has 5 nitrogen and oxygen atoms in total. The molecule has 0 spiro atoms. The van der Waals surface area contributed by atoms with Gasteiger partial charge in [-0.2, -0.15) is 9.78 Å². The summed E-state index contributed by atoms with van der Waals surface area (Å²) in [7, 11) is 0. The Kier molecular flexibility index (Phi) is 7.29. The Bertz CT molecular complexity index is 1180. The van der Waals surface area contributed by atoms with Crippen LogP contribution in [0.5, 0.6) is 5.75 Å². The molecule has 0 radical (unpaired) electrons. The number of ether oxygens (including phenoxy) is 1. The van der Waals surface area contributed by atoms with Crippen molar-refractivity contribution in [2.75, 3.05) is 6.61 Å². The fourth-order valence-corrected chi connectivity index (χ4v) is 5.78. The van der Waals surface area contributed by atoms with Crippen molar-refractivity contribution in [3.8, 4) is 5.75 Å². The van der Waals surface area contributed by atoms with Crippen LogP contribution in [-0.4, -0.2) is 22.5 Å². The number of nitrogens with zero attached hydrogens (tertiary/aromatic N) is 3. The third-order valence-electron chi connectivity index (χ3n) is 5.44. The minimum absolute atomic E-state index is 0.146. The van der Waals surface area contributed by atoms with E-state index in [0.717, 1.165) is 56.2 Å². The van der Waals surface area contributed by atoms with Gasteiger partial charge in [-0.1, -0.05) is 35.2 Å².